The third-order valence-electron chi connectivity index (χ3n) is 1.33. The Labute approximate surface area is 75.4 Å². The van der Waals surface area contributed by atoms with E-state index in [9.17, 15) is 4.79 Å². The molecule has 0 unspecified atom stereocenters. The number of carbonyl (C=O) groups is 1. The van der Waals surface area contributed by atoms with Gasteiger partial charge in [0.2, 0.25) is 6.41 Å². The summed E-state index contributed by atoms with van der Waals surface area (Å²) in [6.45, 7) is 0. The standard InChI is InChI=1S/C8H10N4O/c9-8(10)12-7-3-1-2-6(4-7)11-5-13/h1-5H,(H,11,13)(H4,9,10,12). The summed E-state index contributed by atoms with van der Waals surface area (Å²) >= 11 is 0. The van der Waals surface area contributed by atoms with E-state index in [0.717, 1.165) is 0 Å². The van der Waals surface area contributed by atoms with Gasteiger partial charge in [0, 0.05) is 5.69 Å². The molecule has 13 heavy (non-hydrogen) atoms. The van der Waals surface area contributed by atoms with E-state index in [2.05, 4.69) is 10.3 Å². The van der Waals surface area contributed by atoms with Crippen LogP contribution < -0.4 is 16.8 Å². The van der Waals surface area contributed by atoms with Gasteiger partial charge in [0.05, 0.1) is 5.69 Å². The number of aliphatic imine (C=N–C) groups is 1. The molecule has 0 aliphatic rings. The fourth-order valence-electron chi connectivity index (χ4n) is 0.882. The van der Waals surface area contributed by atoms with E-state index in [1.54, 1.807) is 24.3 Å². The molecule has 0 atom stereocenters. The van der Waals surface area contributed by atoms with Crippen molar-refractivity contribution in [1.82, 2.24) is 0 Å². The topological polar surface area (TPSA) is 93.5 Å². The minimum Gasteiger partial charge on any atom is -0.370 e. The van der Waals surface area contributed by atoms with Crippen LogP contribution in [0.3, 0.4) is 0 Å². The fraction of sp³-hybridized carbons (Fsp3) is 0. The van der Waals surface area contributed by atoms with E-state index in [1.807, 2.05) is 0 Å². The van der Waals surface area contributed by atoms with Gasteiger partial charge in [0.25, 0.3) is 0 Å². The Hall–Kier alpha value is -2.04. The van der Waals surface area contributed by atoms with Crippen LogP contribution in [-0.4, -0.2) is 12.4 Å². The minimum absolute atomic E-state index is 0.0109. The minimum atomic E-state index is -0.0109. The van der Waals surface area contributed by atoms with Crippen LogP contribution in [0.5, 0.6) is 0 Å². The Balaban J connectivity index is 2.91. The molecule has 1 amide bonds. The van der Waals surface area contributed by atoms with Gasteiger partial charge in [0.1, 0.15) is 0 Å². The molecule has 0 heterocycles. The van der Waals surface area contributed by atoms with E-state index in [1.165, 1.54) is 0 Å². The van der Waals surface area contributed by atoms with E-state index < -0.39 is 0 Å². The van der Waals surface area contributed by atoms with Crippen LogP contribution in [0.4, 0.5) is 11.4 Å². The second-order valence-corrected chi connectivity index (χ2v) is 2.35. The first kappa shape index (κ1) is 9.05. The number of guanidine groups is 1. The van der Waals surface area contributed by atoms with Crippen LogP contribution in [0.1, 0.15) is 0 Å². The number of hydrogen-bond acceptors (Lipinski definition) is 2. The summed E-state index contributed by atoms with van der Waals surface area (Å²) in [7, 11) is 0. The van der Waals surface area contributed by atoms with E-state index in [-0.39, 0.29) is 5.96 Å². The SMILES string of the molecule is NC(N)=Nc1cccc(NC=O)c1. The summed E-state index contributed by atoms with van der Waals surface area (Å²) in [6, 6.07) is 6.87. The van der Waals surface area contributed by atoms with E-state index in [0.29, 0.717) is 17.8 Å². The summed E-state index contributed by atoms with van der Waals surface area (Å²) in [5, 5.41) is 2.49. The average Bonchev–Trinajstić information content (AvgIpc) is 2.04. The lowest BCUT2D eigenvalue weighted by Gasteiger charge is -1.99. The van der Waals surface area contributed by atoms with Crippen LogP contribution in [0.2, 0.25) is 0 Å². The quantitative estimate of drug-likeness (QED) is 0.349. The summed E-state index contributed by atoms with van der Waals surface area (Å²) in [5.41, 5.74) is 11.6. The molecule has 68 valence electrons. The highest BCUT2D eigenvalue weighted by molar-refractivity contribution is 5.80. The molecule has 0 aliphatic heterocycles. The van der Waals surface area contributed by atoms with Gasteiger partial charge in [-0.1, -0.05) is 6.07 Å². The number of rotatable bonds is 3. The molecule has 0 aromatic heterocycles. The second kappa shape index (κ2) is 4.10. The summed E-state index contributed by atoms with van der Waals surface area (Å²) < 4.78 is 0. The zero-order valence-corrected chi connectivity index (χ0v) is 6.90. The molecule has 1 aromatic carbocycles. The number of nitrogens with one attached hydrogen (secondary N) is 1. The molecule has 0 bridgehead atoms. The molecular weight excluding hydrogens is 168 g/mol. The van der Waals surface area contributed by atoms with Crippen LogP contribution in [0.25, 0.3) is 0 Å². The normalized spacial score (nSPS) is 8.92. The Bertz CT molecular complexity index is 331. The number of nitrogens with zero attached hydrogens (tertiary/aromatic N) is 1. The van der Waals surface area contributed by atoms with Crippen molar-refractivity contribution in [2.75, 3.05) is 5.32 Å². The Morgan fingerprint density at radius 3 is 2.85 bits per heavy atom. The highest BCUT2D eigenvalue weighted by atomic mass is 16.1. The number of nitrogens with two attached hydrogens (primary N) is 2. The van der Waals surface area contributed by atoms with Gasteiger partial charge >= 0.3 is 0 Å². The highest BCUT2D eigenvalue weighted by Crippen LogP contribution is 2.16. The smallest absolute Gasteiger partial charge is 0.211 e. The predicted molar refractivity (Wildman–Crippen MR) is 51.6 cm³/mol. The van der Waals surface area contributed by atoms with Crippen molar-refractivity contribution in [1.29, 1.82) is 0 Å². The van der Waals surface area contributed by atoms with Crippen molar-refractivity contribution in [2.45, 2.75) is 0 Å². The van der Waals surface area contributed by atoms with Crippen molar-refractivity contribution in [3.8, 4) is 0 Å². The maximum atomic E-state index is 10.1. The number of hydrogen-bond donors (Lipinski definition) is 3. The lowest BCUT2D eigenvalue weighted by molar-refractivity contribution is -0.105. The maximum absolute atomic E-state index is 10.1. The zero-order chi connectivity index (χ0) is 9.68. The third-order valence-corrected chi connectivity index (χ3v) is 1.33. The van der Waals surface area contributed by atoms with Crippen molar-refractivity contribution in [3.05, 3.63) is 24.3 Å². The molecule has 5 heteroatoms. The molecule has 0 aliphatic carbocycles. The monoisotopic (exact) mass is 178 g/mol. The van der Waals surface area contributed by atoms with Crippen molar-refractivity contribution < 1.29 is 4.79 Å². The molecular formula is C8H10N4O. The largest absolute Gasteiger partial charge is 0.370 e. The number of benzene rings is 1. The summed E-state index contributed by atoms with van der Waals surface area (Å²) in [4.78, 5) is 13.9. The molecule has 0 radical (unpaired) electrons. The van der Waals surface area contributed by atoms with Crippen LogP contribution in [0, 0.1) is 0 Å². The van der Waals surface area contributed by atoms with Crippen molar-refractivity contribution >= 4 is 23.7 Å². The van der Waals surface area contributed by atoms with Gasteiger partial charge in [-0.3, -0.25) is 4.79 Å². The van der Waals surface area contributed by atoms with Gasteiger partial charge < -0.3 is 16.8 Å². The summed E-state index contributed by atoms with van der Waals surface area (Å²) in [5.74, 6) is -0.0109. The highest BCUT2D eigenvalue weighted by Gasteiger charge is 1.92. The lowest BCUT2D eigenvalue weighted by atomic mass is 10.3. The Kier molecular flexibility index (Phi) is 2.86. The van der Waals surface area contributed by atoms with Gasteiger partial charge in [-0.25, -0.2) is 4.99 Å². The van der Waals surface area contributed by atoms with Crippen LogP contribution in [0.15, 0.2) is 29.3 Å². The van der Waals surface area contributed by atoms with Crippen molar-refractivity contribution in [3.63, 3.8) is 0 Å². The molecule has 0 spiro atoms. The van der Waals surface area contributed by atoms with Gasteiger partial charge in [-0.15, -0.1) is 0 Å². The second-order valence-electron chi connectivity index (χ2n) is 2.35. The molecule has 0 saturated carbocycles. The average molecular weight is 178 g/mol. The lowest BCUT2D eigenvalue weighted by Crippen LogP contribution is -2.21. The van der Waals surface area contributed by atoms with Crippen LogP contribution >= 0.6 is 0 Å². The van der Waals surface area contributed by atoms with E-state index >= 15 is 0 Å². The molecule has 5 nitrogen and oxygen atoms in total. The van der Waals surface area contributed by atoms with Gasteiger partial charge in [-0.2, -0.15) is 0 Å². The first-order valence-electron chi connectivity index (χ1n) is 3.62. The molecule has 0 saturated heterocycles. The molecule has 5 N–H and O–H groups in total. The number of carbonyl (C=O) groups excluding carboxylic acids is 1. The molecule has 0 fully saturated rings. The third kappa shape index (κ3) is 2.82. The summed E-state index contributed by atoms with van der Waals surface area (Å²) in [6.07, 6.45) is 0.592. The Morgan fingerprint density at radius 1 is 1.46 bits per heavy atom. The number of anilines is 1. The first-order valence-corrected chi connectivity index (χ1v) is 3.62. The molecule has 1 rings (SSSR count). The molecule has 1 aromatic rings. The van der Waals surface area contributed by atoms with E-state index in [4.69, 9.17) is 11.5 Å². The maximum Gasteiger partial charge on any atom is 0.211 e. The van der Waals surface area contributed by atoms with Crippen LogP contribution in [-0.2, 0) is 4.79 Å². The van der Waals surface area contributed by atoms with Gasteiger partial charge in [0.15, 0.2) is 5.96 Å². The Morgan fingerprint density at radius 2 is 2.23 bits per heavy atom. The first-order chi connectivity index (χ1) is 6.22. The number of amides is 1. The zero-order valence-electron chi connectivity index (χ0n) is 6.90. The van der Waals surface area contributed by atoms with Crippen molar-refractivity contribution in [2.24, 2.45) is 16.5 Å². The fourth-order valence-corrected chi connectivity index (χ4v) is 0.882. The van der Waals surface area contributed by atoms with Gasteiger partial charge in [-0.05, 0) is 18.2 Å². The predicted octanol–water partition coefficient (Wildman–Crippen LogP) is 0.160.